The molecule has 0 radical (unpaired) electrons. The minimum atomic E-state index is -0.431. The summed E-state index contributed by atoms with van der Waals surface area (Å²) in [5.41, 5.74) is 2.35. The molecule has 1 aromatic rings. The summed E-state index contributed by atoms with van der Waals surface area (Å²) in [6.07, 6.45) is 5.94. The van der Waals surface area contributed by atoms with Gasteiger partial charge < -0.3 is 19.7 Å². The van der Waals surface area contributed by atoms with Crippen LogP contribution in [-0.2, 0) is 16.1 Å². The number of hydrogen-bond donors (Lipinski definition) is 1. The van der Waals surface area contributed by atoms with Gasteiger partial charge in [0.1, 0.15) is 17.9 Å². The second-order valence-electron chi connectivity index (χ2n) is 9.06. The van der Waals surface area contributed by atoms with Gasteiger partial charge in [0.15, 0.2) is 0 Å². The molecule has 4 aliphatic rings. The van der Waals surface area contributed by atoms with Gasteiger partial charge in [-0.3, -0.25) is 14.5 Å². The monoisotopic (exact) mass is 425 g/mol. The molecule has 3 atom stereocenters. The molecule has 1 N–H and O–H groups in total. The number of ether oxygens (including phenoxy) is 2. The number of benzene rings is 1. The number of nitrogens with zero attached hydrogens (tertiary/aromatic N) is 2. The number of piperidine rings is 1. The molecule has 1 saturated carbocycles. The zero-order valence-electron chi connectivity index (χ0n) is 18.0. The molecular weight excluding hydrogens is 394 g/mol. The molecule has 1 unspecified atom stereocenters. The Balaban J connectivity index is 1.28. The van der Waals surface area contributed by atoms with Crippen molar-refractivity contribution in [3.63, 3.8) is 0 Å². The van der Waals surface area contributed by atoms with Crippen molar-refractivity contribution in [1.82, 2.24) is 15.1 Å². The van der Waals surface area contributed by atoms with E-state index in [4.69, 9.17) is 9.47 Å². The number of carbonyl (C=O) groups excluding carboxylic acids is 2. The molecule has 2 saturated heterocycles. The van der Waals surface area contributed by atoms with Gasteiger partial charge in [0.25, 0.3) is 5.91 Å². The largest absolute Gasteiger partial charge is 0.489 e. The molecular formula is C24H31N3O4. The van der Waals surface area contributed by atoms with E-state index in [-0.39, 0.29) is 17.9 Å². The van der Waals surface area contributed by atoms with Crippen molar-refractivity contribution in [2.75, 3.05) is 26.3 Å². The molecule has 3 fully saturated rings. The maximum absolute atomic E-state index is 12.9. The predicted octanol–water partition coefficient (Wildman–Crippen LogP) is 2.46. The summed E-state index contributed by atoms with van der Waals surface area (Å²) in [6.45, 7) is 7.95. The third kappa shape index (κ3) is 4.08. The summed E-state index contributed by atoms with van der Waals surface area (Å²) >= 11 is 0. The van der Waals surface area contributed by atoms with Crippen molar-refractivity contribution in [2.24, 2.45) is 0 Å². The minimum Gasteiger partial charge on any atom is -0.489 e. The molecule has 1 aromatic carbocycles. The van der Waals surface area contributed by atoms with Crippen LogP contribution in [0.4, 0.5) is 0 Å². The molecule has 166 valence electrons. The van der Waals surface area contributed by atoms with Gasteiger partial charge in [0.05, 0.1) is 6.61 Å². The van der Waals surface area contributed by atoms with Crippen LogP contribution >= 0.6 is 0 Å². The molecule has 5 rings (SSSR count). The molecule has 2 amide bonds. The molecule has 0 spiro atoms. The van der Waals surface area contributed by atoms with Gasteiger partial charge in [-0.15, -0.1) is 0 Å². The maximum atomic E-state index is 12.9. The lowest BCUT2D eigenvalue weighted by Gasteiger charge is -2.31. The molecule has 7 nitrogen and oxygen atoms in total. The fourth-order valence-electron chi connectivity index (χ4n) is 5.44. The summed E-state index contributed by atoms with van der Waals surface area (Å²) < 4.78 is 12.1. The molecule has 0 bridgehead atoms. The molecule has 3 heterocycles. The Kier molecular flexibility index (Phi) is 5.71. The summed E-state index contributed by atoms with van der Waals surface area (Å²) in [4.78, 5) is 29.5. The third-order valence-corrected chi connectivity index (χ3v) is 7.04. The van der Waals surface area contributed by atoms with Crippen LogP contribution in [0.5, 0.6) is 5.75 Å². The normalized spacial score (nSPS) is 29.6. The smallest absolute Gasteiger partial charge is 0.255 e. The average molecular weight is 426 g/mol. The van der Waals surface area contributed by atoms with E-state index in [0.29, 0.717) is 31.0 Å². The highest BCUT2D eigenvalue weighted by Crippen LogP contribution is 2.33. The highest BCUT2D eigenvalue weighted by Gasteiger charge is 2.39. The lowest BCUT2D eigenvalue weighted by atomic mass is 10.0. The fourth-order valence-corrected chi connectivity index (χ4v) is 5.44. The van der Waals surface area contributed by atoms with E-state index in [1.807, 2.05) is 18.2 Å². The number of carbonyl (C=O) groups is 2. The van der Waals surface area contributed by atoms with Crippen molar-refractivity contribution in [1.29, 1.82) is 0 Å². The van der Waals surface area contributed by atoms with Gasteiger partial charge in [-0.1, -0.05) is 6.58 Å². The van der Waals surface area contributed by atoms with Gasteiger partial charge in [-0.25, -0.2) is 0 Å². The van der Waals surface area contributed by atoms with Crippen molar-refractivity contribution < 1.29 is 19.1 Å². The Labute approximate surface area is 183 Å². The Bertz CT molecular complexity index is 878. The second kappa shape index (κ2) is 8.63. The van der Waals surface area contributed by atoms with Crippen molar-refractivity contribution in [3.05, 3.63) is 41.6 Å². The Morgan fingerprint density at radius 2 is 2.00 bits per heavy atom. The number of fused-ring (bicyclic) bond motifs is 1. The first kappa shape index (κ1) is 20.5. The van der Waals surface area contributed by atoms with E-state index in [1.54, 1.807) is 4.90 Å². The van der Waals surface area contributed by atoms with E-state index in [0.717, 1.165) is 62.6 Å². The second-order valence-corrected chi connectivity index (χ2v) is 9.06. The summed E-state index contributed by atoms with van der Waals surface area (Å²) in [5.74, 6) is 0.611. The van der Waals surface area contributed by atoms with Crippen molar-refractivity contribution in [2.45, 2.75) is 63.3 Å². The first-order chi connectivity index (χ1) is 15.1. The van der Waals surface area contributed by atoms with Gasteiger partial charge in [0.2, 0.25) is 5.91 Å². The van der Waals surface area contributed by atoms with Crippen LogP contribution in [-0.4, -0.2) is 66.1 Å². The quantitative estimate of drug-likeness (QED) is 0.803. The van der Waals surface area contributed by atoms with Gasteiger partial charge in [0, 0.05) is 43.5 Å². The zero-order chi connectivity index (χ0) is 21.4. The highest BCUT2D eigenvalue weighted by atomic mass is 16.5. The molecule has 3 aliphatic heterocycles. The standard InChI is InChI=1S/C24H31N3O4/c1-16-6-9-21(23(28)25-16)27-15-17-14-18(7-8-19(17)24(27)29)31-22-5-2-4-20(22)26-10-3-12-30-13-11-26/h7-8,14,20-22H,1-6,9-13,15H2,(H,25,28)/t20-,21?,22-/m0/s1. The lowest BCUT2D eigenvalue weighted by Crippen LogP contribution is -2.49. The lowest BCUT2D eigenvalue weighted by molar-refractivity contribution is -0.126. The fraction of sp³-hybridized carbons (Fsp3) is 0.583. The third-order valence-electron chi connectivity index (χ3n) is 7.04. The minimum absolute atomic E-state index is 0.0717. The van der Waals surface area contributed by atoms with Crippen LogP contribution in [0, 0.1) is 0 Å². The topological polar surface area (TPSA) is 71.1 Å². The molecule has 1 aliphatic carbocycles. The Morgan fingerprint density at radius 1 is 1.10 bits per heavy atom. The van der Waals surface area contributed by atoms with E-state index in [9.17, 15) is 9.59 Å². The number of amides is 2. The zero-order valence-corrected chi connectivity index (χ0v) is 18.0. The SMILES string of the molecule is C=C1CCC(N2Cc3cc(O[C@H]4CCC[C@@H]4N4CCCOCC4)ccc3C2=O)C(=O)N1. The van der Waals surface area contributed by atoms with Crippen LogP contribution in [0.1, 0.15) is 54.4 Å². The van der Waals surface area contributed by atoms with Crippen LogP contribution < -0.4 is 10.1 Å². The van der Waals surface area contributed by atoms with Gasteiger partial charge >= 0.3 is 0 Å². The van der Waals surface area contributed by atoms with Gasteiger partial charge in [-0.2, -0.15) is 0 Å². The van der Waals surface area contributed by atoms with E-state index in [1.165, 1.54) is 6.42 Å². The van der Waals surface area contributed by atoms with Crippen LogP contribution in [0.2, 0.25) is 0 Å². The number of nitrogens with one attached hydrogen (secondary N) is 1. The van der Waals surface area contributed by atoms with Crippen molar-refractivity contribution >= 4 is 11.8 Å². The van der Waals surface area contributed by atoms with Gasteiger partial charge in [-0.05, 0) is 62.3 Å². The summed E-state index contributed by atoms with van der Waals surface area (Å²) in [5, 5.41) is 2.79. The Morgan fingerprint density at radius 3 is 2.87 bits per heavy atom. The number of rotatable bonds is 4. The highest BCUT2D eigenvalue weighted by molar-refractivity contribution is 6.01. The van der Waals surface area contributed by atoms with Crippen LogP contribution in [0.15, 0.2) is 30.5 Å². The van der Waals surface area contributed by atoms with E-state index in [2.05, 4.69) is 16.8 Å². The first-order valence-electron chi connectivity index (χ1n) is 11.5. The first-order valence-corrected chi connectivity index (χ1v) is 11.5. The van der Waals surface area contributed by atoms with E-state index >= 15 is 0 Å². The van der Waals surface area contributed by atoms with Crippen molar-refractivity contribution in [3.8, 4) is 5.75 Å². The predicted molar refractivity (Wildman–Crippen MR) is 116 cm³/mol. The average Bonchev–Trinajstić information content (AvgIpc) is 3.22. The Hall–Kier alpha value is -2.38. The number of hydrogen-bond acceptors (Lipinski definition) is 5. The molecule has 0 aromatic heterocycles. The van der Waals surface area contributed by atoms with Crippen LogP contribution in [0.3, 0.4) is 0 Å². The maximum Gasteiger partial charge on any atom is 0.255 e. The molecule has 31 heavy (non-hydrogen) atoms. The summed E-state index contributed by atoms with van der Waals surface area (Å²) in [6, 6.07) is 5.75. The van der Waals surface area contributed by atoms with Crippen LogP contribution in [0.25, 0.3) is 0 Å². The molecule has 7 heteroatoms. The summed E-state index contributed by atoms with van der Waals surface area (Å²) in [7, 11) is 0. The van der Waals surface area contributed by atoms with E-state index < -0.39 is 6.04 Å². The number of allylic oxidation sites excluding steroid dienone is 1.